The minimum absolute atomic E-state index is 0.0350. The van der Waals surface area contributed by atoms with E-state index in [0.29, 0.717) is 23.0 Å². The first-order chi connectivity index (χ1) is 16.9. The Hall–Kier alpha value is -4.16. The summed E-state index contributed by atoms with van der Waals surface area (Å²) in [7, 11) is 0. The maximum Gasteiger partial charge on any atom is 0.269 e. The maximum absolute atomic E-state index is 12.3. The molecule has 0 saturated heterocycles. The van der Waals surface area contributed by atoms with Crippen LogP contribution in [0.5, 0.6) is 0 Å². The molecular formula is C22H27N9O4. The number of hydrogen-bond donors (Lipinski definition) is 3. The van der Waals surface area contributed by atoms with Crippen molar-refractivity contribution >= 4 is 17.7 Å². The number of tetrazole rings is 1. The second kappa shape index (κ2) is 10.8. The van der Waals surface area contributed by atoms with Gasteiger partial charge in [0.1, 0.15) is 11.9 Å². The van der Waals surface area contributed by atoms with Gasteiger partial charge in [0.2, 0.25) is 17.7 Å². The van der Waals surface area contributed by atoms with Crippen molar-refractivity contribution in [1.29, 1.82) is 0 Å². The van der Waals surface area contributed by atoms with Gasteiger partial charge < -0.3 is 9.84 Å². The van der Waals surface area contributed by atoms with E-state index >= 15 is 0 Å². The van der Waals surface area contributed by atoms with Crippen LogP contribution in [0.1, 0.15) is 73.9 Å². The minimum Gasteiger partial charge on any atom is -0.343 e. The van der Waals surface area contributed by atoms with Crippen LogP contribution in [0.3, 0.4) is 0 Å². The largest absolute Gasteiger partial charge is 0.343 e. The summed E-state index contributed by atoms with van der Waals surface area (Å²) in [5.74, 6) is -0.266. The Morgan fingerprint density at radius 1 is 1.06 bits per heavy atom. The molecule has 3 aromatic rings. The summed E-state index contributed by atoms with van der Waals surface area (Å²) in [5.41, 5.74) is 5.17. The molecule has 0 atom stereocenters. The molecule has 0 radical (unpaired) electrons. The highest BCUT2D eigenvalue weighted by molar-refractivity contribution is 5.95. The third-order valence-electron chi connectivity index (χ3n) is 5.89. The molecule has 1 fully saturated rings. The molecule has 184 valence electrons. The van der Waals surface area contributed by atoms with Crippen LogP contribution in [0.4, 0.5) is 0 Å². The quantitative estimate of drug-likeness (QED) is 0.330. The van der Waals surface area contributed by atoms with Gasteiger partial charge in [0.05, 0.1) is 5.69 Å². The lowest BCUT2D eigenvalue weighted by atomic mass is 9.89. The minimum atomic E-state index is -0.639. The SMILES string of the molecule is CC(=O)NC1(c2noc(CCC(=O)NNC(=O)c3ccc(-n4cnnn4)cc3)n2)CCCCCC1. The van der Waals surface area contributed by atoms with Gasteiger partial charge in [-0.15, -0.1) is 5.10 Å². The Kier molecular flexibility index (Phi) is 7.43. The Labute approximate surface area is 201 Å². The molecule has 2 heterocycles. The number of carbonyl (C=O) groups excluding carboxylic acids is 3. The van der Waals surface area contributed by atoms with Gasteiger partial charge in [-0.05, 0) is 47.5 Å². The number of amides is 3. The van der Waals surface area contributed by atoms with Crippen molar-refractivity contribution in [1.82, 2.24) is 46.5 Å². The molecule has 0 unspecified atom stereocenters. The van der Waals surface area contributed by atoms with E-state index in [1.807, 2.05) is 0 Å². The number of rotatable bonds is 7. The van der Waals surface area contributed by atoms with Crippen LogP contribution < -0.4 is 16.2 Å². The average molecular weight is 482 g/mol. The van der Waals surface area contributed by atoms with Gasteiger partial charge in [-0.3, -0.25) is 25.2 Å². The predicted octanol–water partition coefficient (Wildman–Crippen LogP) is 1.12. The number of nitrogens with zero attached hydrogens (tertiary/aromatic N) is 6. The van der Waals surface area contributed by atoms with Crippen molar-refractivity contribution in [3.8, 4) is 5.69 Å². The van der Waals surface area contributed by atoms with Crippen LogP contribution >= 0.6 is 0 Å². The number of aryl methyl sites for hydroxylation is 1. The summed E-state index contributed by atoms with van der Waals surface area (Å²) in [4.78, 5) is 40.8. The molecule has 1 aromatic carbocycles. The molecular weight excluding hydrogens is 454 g/mol. The summed E-state index contributed by atoms with van der Waals surface area (Å²) in [6, 6.07) is 6.55. The van der Waals surface area contributed by atoms with Crippen LogP contribution in [-0.4, -0.2) is 48.1 Å². The molecule has 0 bridgehead atoms. The number of carbonyl (C=O) groups is 3. The third kappa shape index (κ3) is 6.05. The first-order valence-electron chi connectivity index (χ1n) is 11.5. The summed E-state index contributed by atoms with van der Waals surface area (Å²) in [6.07, 6.45) is 7.29. The van der Waals surface area contributed by atoms with Gasteiger partial charge in [-0.25, -0.2) is 4.68 Å². The molecule has 1 aliphatic carbocycles. The van der Waals surface area contributed by atoms with Crippen LogP contribution in [-0.2, 0) is 21.5 Å². The molecule has 13 nitrogen and oxygen atoms in total. The van der Waals surface area contributed by atoms with E-state index in [2.05, 4.69) is 41.8 Å². The van der Waals surface area contributed by atoms with Crippen LogP contribution in [0.2, 0.25) is 0 Å². The van der Waals surface area contributed by atoms with E-state index in [0.717, 1.165) is 38.5 Å². The van der Waals surface area contributed by atoms with Gasteiger partial charge in [-0.1, -0.05) is 30.8 Å². The molecule has 2 aromatic heterocycles. The number of benzene rings is 1. The molecule has 35 heavy (non-hydrogen) atoms. The molecule has 3 amide bonds. The van der Waals surface area contributed by atoms with E-state index < -0.39 is 17.4 Å². The Morgan fingerprint density at radius 2 is 1.80 bits per heavy atom. The standard InChI is InChI=1S/C22H27N9O4/c1-15(32)25-22(12-4-2-3-5-13-22)21-24-19(35-28-21)11-10-18(33)26-27-20(34)16-6-8-17(9-7-16)31-14-23-29-30-31/h6-9,14H,2-5,10-13H2,1H3,(H,25,32)(H,26,33)(H,27,34). The smallest absolute Gasteiger partial charge is 0.269 e. The van der Waals surface area contributed by atoms with Gasteiger partial charge >= 0.3 is 0 Å². The van der Waals surface area contributed by atoms with Crippen LogP contribution in [0, 0.1) is 0 Å². The van der Waals surface area contributed by atoms with Crippen molar-refractivity contribution in [2.45, 2.75) is 63.8 Å². The highest BCUT2D eigenvalue weighted by atomic mass is 16.5. The molecule has 3 N–H and O–H groups in total. The van der Waals surface area contributed by atoms with Gasteiger partial charge in [0.15, 0.2) is 5.82 Å². The molecule has 1 saturated carbocycles. The molecule has 13 heteroatoms. The van der Waals surface area contributed by atoms with Crippen LogP contribution in [0.25, 0.3) is 5.69 Å². The fourth-order valence-electron chi connectivity index (χ4n) is 4.15. The van der Waals surface area contributed by atoms with E-state index in [1.54, 1.807) is 24.3 Å². The highest BCUT2D eigenvalue weighted by Gasteiger charge is 2.38. The maximum atomic E-state index is 12.3. The second-order valence-corrected chi connectivity index (χ2v) is 8.49. The lowest BCUT2D eigenvalue weighted by Gasteiger charge is -2.30. The molecule has 4 rings (SSSR count). The van der Waals surface area contributed by atoms with E-state index in [-0.39, 0.29) is 18.7 Å². The molecule has 0 spiro atoms. The van der Waals surface area contributed by atoms with Crippen LogP contribution in [0.15, 0.2) is 35.1 Å². The summed E-state index contributed by atoms with van der Waals surface area (Å²) < 4.78 is 6.82. The number of hydrazine groups is 1. The Bertz CT molecular complexity index is 1150. The first-order valence-corrected chi connectivity index (χ1v) is 11.5. The van der Waals surface area contributed by atoms with Gasteiger partial charge in [-0.2, -0.15) is 4.98 Å². The van der Waals surface area contributed by atoms with Crippen molar-refractivity contribution in [3.05, 3.63) is 47.9 Å². The molecule has 0 aliphatic heterocycles. The zero-order valence-electron chi connectivity index (χ0n) is 19.4. The van der Waals surface area contributed by atoms with Crippen molar-refractivity contribution in [2.75, 3.05) is 0 Å². The van der Waals surface area contributed by atoms with E-state index in [1.165, 1.54) is 17.9 Å². The van der Waals surface area contributed by atoms with E-state index in [4.69, 9.17) is 4.52 Å². The molecule has 1 aliphatic rings. The second-order valence-electron chi connectivity index (χ2n) is 8.49. The predicted molar refractivity (Wildman–Crippen MR) is 121 cm³/mol. The number of nitrogens with one attached hydrogen (secondary N) is 3. The fourth-order valence-corrected chi connectivity index (χ4v) is 4.15. The van der Waals surface area contributed by atoms with Crippen molar-refractivity contribution in [3.63, 3.8) is 0 Å². The number of aromatic nitrogens is 6. The first kappa shape index (κ1) is 24.0. The zero-order valence-corrected chi connectivity index (χ0v) is 19.4. The lowest BCUT2D eigenvalue weighted by Crippen LogP contribution is -2.45. The fraction of sp³-hybridized carbons (Fsp3) is 0.455. The van der Waals surface area contributed by atoms with Crippen molar-refractivity contribution < 1.29 is 18.9 Å². The summed E-state index contributed by atoms with van der Waals surface area (Å²) in [5, 5.41) is 18.0. The normalized spacial score (nSPS) is 15.1. The summed E-state index contributed by atoms with van der Waals surface area (Å²) in [6.45, 7) is 1.48. The number of hydrogen-bond acceptors (Lipinski definition) is 9. The topological polar surface area (TPSA) is 170 Å². The zero-order chi connectivity index (χ0) is 24.7. The van der Waals surface area contributed by atoms with E-state index in [9.17, 15) is 14.4 Å². The highest BCUT2D eigenvalue weighted by Crippen LogP contribution is 2.34. The van der Waals surface area contributed by atoms with Gasteiger partial charge in [0.25, 0.3) is 5.91 Å². The lowest BCUT2D eigenvalue weighted by molar-refractivity contribution is -0.122. The monoisotopic (exact) mass is 481 g/mol. The Morgan fingerprint density at radius 3 is 2.46 bits per heavy atom. The third-order valence-corrected chi connectivity index (χ3v) is 5.89. The summed E-state index contributed by atoms with van der Waals surface area (Å²) >= 11 is 0. The average Bonchev–Trinajstić information content (AvgIpc) is 3.51. The Balaban J connectivity index is 1.28. The van der Waals surface area contributed by atoms with Crippen molar-refractivity contribution in [2.24, 2.45) is 0 Å². The van der Waals surface area contributed by atoms with Gasteiger partial charge in [0, 0.05) is 25.3 Å².